The zero-order valence-corrected chi connectivity index (χ0v) is 9.82. The lowest BCUT2D eigenvalue weighted by molar-refractivity contribution is 0.226. The first-order chi connectivity index (χ1) is 6.02. The molecule has 0 aromatic heterocycles. The first-order valence-electron chi connectivity index (χ1n) is 3.69. The van der Waals surface area contributed by atoms with Gasteiger partial charge >= 0.3 is 7.60 Å². The molecule has 0 aliphatic rings. The number of alkyl halides is 2. The molecule has 0 aromatic rings. The zero-order chi connectivity index (χ0) is 10.3. The van der Waals surface area contributed by atoms with Crippen molar-refractivity contribution in [2.45, 2.75) is 5.38 Å². The molecule has 0 N–H and O–H groups in total. The minimum Gasteiger partial charge on any atom is -0.307 e. The van der Waals surface area contributed by atoms with Crippen LogP contribution < -0.4 is 0 Å². The fourth-order valence-corrected chi connectivity index (χ4v) is 1.63. The van der Waals surface area contributed by atoms with Crippen LogP contribution in [0.5, 0.6) is 0 Å². The highest BCUT2D eigenvalue weighted by atomic mass is 35.5. The Balaban J connectivity index is 3.74. The number of halogens is 2. The van der Waals surface area contributed by atoms with Gasteiger partial charge in [0.1, 0.15) is 0 Å². The highest BCUT2D eigenvalue weighted by molar-refractivity contribution is 7.52. The first kappa shape index (κ1) is 13.5. The maximum absolute atomic E-state index is 11.4. The molecular weight excluding hydrogens is 234 g/mol. The van der Waals surface area contributed by atoms with Crippen molar-refractivity contribution < 1.29 is 13.6 Å². The highest BCUT2D eigenvalue weighted by Crippen LogP contribution is 2.43. The quantitative estimate of drug-likeness (QED) is 0.394. The second kappa shape index (κ2) is 6.86. The largest absolute Gasteiger partial charge is 0.327 e. The maximum atomic E-state index is 11.4. The van der Waals surface area contributed by atoms with E-state index in [-0.39, 0.29) is 24.5 Å². The molecule has 0 aliphatic carbocycles. The Morgan fingerprint density at radius 1 is 1.62 bits per heavy atom. The molecule has 0 saturated carbocycles. The van der Waals surface area contributed by atoms with Crippen molar-refractivity contribution in [1.82, 2.24) is 0 Å². The van der Waals surface area contributed by atoms with Gasteiger partial charge in [0.2, 0.25) is 0 Å². The van der Waals surface area contributed by atoms with E-state index in [0.29, 0.717) is 0 Å². The van der Waals surface area contributed by atoms with Gasteiger partial charge in [-0.2, -0.15) is 0 Å². The van der Waals surface area contributed by atoms with Gasteiger partial charge in [-0.05, 0) is 0 Å². The second-order valence-electron chi connectivity index (χ2n) is 2.40. The Morgan fingerprint density at radius 2 is 2.23 bits per heavy atom. The second-order valence-corrected chi connectivity index (χ2v) is 5.39. The summed E-state index contributed by atoms with van der Waals surface area (Å²) in [6.07, 6.45) is 1.50. The summed E-state index contributed by atoms with van der Waals surface area (Å²) in [5.74, 6) is 0.253. The van der Waals surface area contributed by atoms with Gasteiger partial charge in [0.15, 0.2) is 0 Å². The van der Waals surface area contributed by atoms with E-state index in [0.717, 1.165) is 0 Å². The predicted molar refractivity (Wildman–Crippen MR) is 56.0 cm³/mol. The van der Waals surface area contributed by atoms with Crippen LogP contribution in [0.1, 0.15) is 0 Å². The van der Waals surface area contributed by atoms with Crippen LogP contribution in [-0.4, -0.2) is 31.1 Å². The van der Waals surface area contributed by atoms with Crippen molar-refractivity contribution >= 4 is 30.8 Å². The molecule has 0 heterocycles. The highest BCUT2D eigenvalue weighted by Gasteiger charge is 2.17. The van der Waals surface area contributed by atoms with Crippen LogP contribution in [0.2, 0.25) is 0 Å². The van der Waals surface area contributed by atoms with Crippen LogP contribution in [0.3, 0.4) is 0 Å². The van der Waals surface area contributed by atoms with E-state index in [9.17, 15) is 4.57 Å². The molecule has 2 atom stereocenters. The van der Waals surface area contributed by atoms with Gasteiger partial charge in [0.05, 0.1) is 18.6 Å². The van der Waals surface area contributed by atoms with E-state index in [2.05, 4.69) is 6.58 Å². The minimum absolute atomic E-state index is 0.121. The van der Waals surface area contributed by atoms with Gasteiger partial charge in [-0.15, -0.1) is 29.8 Å². The van der Waals surface area contributed by atoms with Crippen molar-refractivity contribution in [3.05, 3.63) is 12.7 Å². The van der Waals surface area contributed by atoms with Crippen molar-refractivity contribution in [2.75, 3.05) is 25.8 Å². The molecule has 0 aliphatic heterocycles. The summed E-state index contributed by atoms with van der Waals surface area (Å²) in [4.78, 5) is 0. The zero-order valence-electron chi connectivity index (χ0n) is 7.41. The van der Waals surface area contributed by atoms with E-state index in [1.165, 1.54) is 12.7 Å². The molecule has 78 valence electrons. The van der Waals surface area contributed by atoms with Gasteiger partial charge in [0, 0.05) is 12.5 Å². The van der Waals surface area contributed by atoms with Gasteiger partial charge in [0.25, 0.3) is 0 Å². The molecule has 0 aromatic carbocycles. The number of rotatable bonds is 7. The van der Waals surface area contributed by atoms with E-state index in [1.807, 2.05) is 0 Å². The fourth-order valence-electron chi connectivity index (χ4n) is 0.486. The fraction of sp³-hybridized carbons (Fsp3) is 0.714. The van der Waals surface area contributed by atoms with Gasteiger partial charge < -0.3 is 9.05 Å². The summed E-state index contributed by atoms with van der Waals surface area (Å²) in [5, 5.41) is -0.345. The molecule has 0 rings (SSSR count). The van der Waals surface area contributed by atoms with Crippen LogP contribution in [-0.2, 0) is 13.6 Å². The van der Waals surface area contributed by atoms with E-state index in [4.69, 9.17) is 32.2 Å². The molecule has 6 heteroatoms. The smallest absolute Gasteiger partial charge is 0.307 e. The van der Waals surface area contributed by atoms with Crippen molar-refractivity contribution in [2.24, 2.45) is 0 Å². The van der Waals surface area contributed by atoms with E-state index < -0.39 is 7.60 Å². The van der Waals surface area contributed by atoms with Crippen LogP contribution in [0, 0.1) is 0 Å². The van der Waals surface area contributed by atoms with E-state index >= 15 is 0 Å². The monoisotopic (exact) mass is 246 g/mol. The van der Waals surface area contributed by atoms with Crippen LogP contribution in [0.15, 0.2) is 12.7 Å². The van der Waals surface area contributed by atoms with Crippen LogP contribution in [0.25, 0.3) is 0 Å². The number of hydrogen-bond acceptors (Lipinski definition) is 3. The lowest BCUT2D eigenvalue weighted by atomic mass is 10.5. The maximum Gasteiger partial charge on any atom is 0.327 e. The molecule has 2 unspecified atom stereocenters. The molecule has 0 fully saturated rings. The molecule has 0 saturated heterocycles. The van der Waals surface area contributed by atoms with E-state index in [1.54, 1.807) is 0 Å². The Labute approximate surface area is 88.5 Å². The topological polar surface area (TPSA) is 35.5 Å². The van der Waals surface area contributed by atoms with Crippen LogP contribution >= 0.6 is 30.8 Å². The Bertz CT molecular complexity index is 198. The predicted octanol–water partition coefficient (Wildman–Crippen LogP) is 2.87. The molecule has 13 heavy (non-hydrogen) atoms. The molecule has 0 spiro atoms. The van der Waals surface area contributed by atoms with Crippen LogP contribution in [0.4, 0.5) is 0 Å². The normalized spacial score (nSPS) is 17.8. The van der Waals surface area contributed by atoms with Gasteiger partial charge in [-0.25, -0.2) is 0 Å². The summed E-state index contributed by atoms with van der Waals surface area (Å²) < 4.78 is 21.2. The lowest BCUT2D eigenvalue weighted by Gasteiger charge is -2.14. The Hall–Kier alpha value is 0.470. The van der Waals surface area contributed by atoms with Gasteiger partial charge in [-0.3, -0.25) is 4.57 Å². The third-order valence-corrected chi connectivity index (χ3v) is 3.13. The average molecular weight is 247 g/mol. The SMILES string of the molecule is C=CCOP(C)(=O)OCC(Cl)CCl. The Morgan fingerprint density at radius 3 is 2.69 bits per heavy atom. The molecule has 0 radical (unpaired) electrons. The Kier molecular flexibility index (Phi) is 7.10. The molecule has 0 amide bonds. The molecule has 0 bridgehead atoms. The van der Waals surface area contributed by atoms with Crippen molar-refractivity contribution in [1.29, 1.82) is 0 Å². The lowest BCUT2D eigenvalue weighted by Crippen LogP contribution is -2.10. The summed E-state index contributed by atoms with van der Waals surface area (Å²) in [7, 11) is -2.99. The van der Waals surface area contributed by atoms with Gasteiger partial charge in [-0.1, -0.05) is 6.08 Å². The summed E-state index contributed by atoms with van der Waals surface area (Å²) in [6.45, 7) is 5.13. The average Bonchev–Trinajstić information content (AvgIpc) is 2.11. The molecule has 3 nitrogen and oxygen atoms in total. The standard InChI is InChI=1S/C7H13Cl2O3P/c1-3-4-11-13(2,10)12-6-7(9)5-8/h3,7H,1,4-6H2,2H3. The van der Waals surface area contributed by atoms with Crippen molar-refractivity contribution in [3.8, 4) is 0 Å². The summed E-state index contributed by atoms with van der Waals surface area (Å²) >= 11 is 11.1. The summed E-state index contributed by atoms with van der Waals surface area (Å²) in [5.41, 5.74) is 0. The molecular formula is C7H13Cl2O3P. The third-order valence-electron chi connectivity index (χ3n) is 1.08. The minimum atomic E-state index is -2.99. The summed E-state index contributed by atoms with van der Waals surface area (Å²) in [6, 6.07) is 0. The third kappa shape index (κ3) is 7.53. The number of hydrogen-bond donors (Lipinski definition) is 0. The first-order valence-corrected chi connectivity index (χ1v) is 6.65. The van der Waals surface area contributed by atoms with Crippen molar-refractivity contribution in [3.63, 3.8) is 0 Å².